The van der Waals surface area contributed by atoms with Crippen molar-refractivity contribution in [3.05, 3.63) is 77.5 Å². The van der Waals surface area contributed by atoms with E-state index in [9.17, 15) is 23.2 Å². The van der Waals surface area contributed by atoms with Crippen LogP contribution in [0.1, 0.15) is 70.9 Å². The van der Waals surface area contributed by atoms with E-state index in [0.717, 1.165) is 50.8 Å². The summed E-state index contributed by atoms with van der Waals surface area (Å²) in [6.07, 6.45) is 5.32. The Morgan fingerprint density at radius 1 is 0.887 bits per heavy atom. The summed E-state index contributed by atoms with van der Waals surface area (Å²) in [6, 6.07) is 9.16. The van der Waals surface area contributed by atoms with E-state index in [1.165, 1.54) is 30.5 Å². The molecule has 9 rings (SSSR count). The number of hydrogen-bond donors (Lipinski definition) is 0. The van der Waals surface area contributed by atoms with Gasteiger partial charge >= 0.3 is 24.0 Å². The van der Waals surface area contributed by atoms with E-state index in [1.54, 1.807) is 30.9 Å². The third-order valence-electron chi connectivity index (χ3n) is 12.5. The molecule has 4 atom stereocenters. The number of amides is 1. The second-order valence-corrected chi connectivity index (χ2v) is 16.6. The van der Waals surface area contributed by atoms with E-state index in [1.807, 2.05) is 4.90 Å². The number of pyridine rings is 2. The monoisotopic (exact) mass is 857 g/mol. The van der Waals surface area contributed by atoms with Crippen molar-refractivity contribution < 1.29 is 50.9 Å². The van der Waals surface area contributed by atoms with Gasteiger partial charge in [-0.05, 0) is 74.2 Å². The lowest BCUT2D eigenvalue weighted by Gasteiger charge is -2.41. The molecule has 14 nitrogen and oxygen atoms in total. The summed E-state index contributed by atoms with van der Waals surface area (Å²) in [6.45, 7) is 5.48. The van der Waals surface area contributed by atoms with Crippen molar-refractivity contribution in [2.24, 2.45) is 5.92 Å². The van der Waals surface area contributed by atoms with Crippen LogP contribution in [-0.4, -0.2) is 98.4 Å². The van der Waals surface area contributed by atoms with Crippen LogP contribution < -0.4 is 14.4 Å². The highest BCUT2D eigenvalue weighted by atomic mass is 19.2. The number of nitrogens with zero attached hydrogens (tertiary/aromatic N) is 7. The highest BCUT2D eigenvalue weighted by molar-refractivity contribution is 5.98. The number of anilines is 1. The normalized spacial score (nSPS) is 22.1. The predicted octanol–water partition coefficient (Wildman–Crippen LogP) is 7.42. The van der Waals surface area contributed by atoms with Crippen LogP contribution in [0.4, 0.5) is 28.2 Å². The number of ether oxygens (including phenoxy) is 4. The zero-order valence-corrected chi connectivity index (χ0v) is 34.2. The molecule has 324 valence electrons. The van der Waals surface area contributed by atoms with Gasteiger partial charge in [-0.25, -0.2) is 27.3 Å². The van der Waals surface area contributed by atoms with Crippen LogP contribution in [-0.2, 0) is 19.1 Å². The standard InChI is InChI=1S/C44H43F4N7O7/c1-23(2)41(57)60-22-61-43(58)55-28-10-11-29(55)20-53(19-28)40-30-18-49-39(38-34-26(7-12-31(46)35(34)47)17-33(50-38)62-24(3)56)36(48)37(30)51-42(52-40)59-21-44-14-4-16-54(44)32(13-15-44)25-5-8-27(45)9-6-25/h5-9,12,17-18,23,28-29,32H,4,10-11,13-16,19-22H2,1-3H3. The number of piperazine rings is 1. The highest BCUT2D eigenvalue weighted by Gasteiger charge is 2.50. The largest absolute Gasteiger partial charge is 0.461 e. The SMILES string of the molecule is CC(=O)Oc1cc2ccc(F)c(F)c2c(-c2ncc3c(N4CC5CCC(C4)N5C(=O)OCOC(=O)C(C)C)nc(OCC45CCCN4C(c4ccc(F)cc4)CC5)nc3c2F)n1. The molecule has 4 saturated heterocycles. The number of hydrogen-bond acceptors (Lipinski definition) is 13. The molecule has 62 heavy (non-hydrogen) atoms. The number of benzene rings is 2. The fraction of sp³-hybridized carbons (Fsp3) is 0.432. The minimum Gasteiger partial charge on any atom is -0.461 e. The molecule has 4 aliphatic heterocycles. The Labute approximate surface area is 353 Å². The number of carbonyl (C=O) groups is 3. The van der Waals surface area contributed by atoms with E-state index in [-0.39, 0.29) is 88.9 Å². The minimum absolute atomic E-state index is 0.0527. The quantitative estimate of drug-likeness (QED) is 0.0780. The highest BCUT2D eigenvalue weighted by Crippen LogP contribution is 2.49. The third kappa shape index (κ3) is 7.47. The average Bonchev–Trinajstić information content (AvgIpc) is 3.90. The summed E-state index contributed by atoms with van der Waals surface area (Å²) in [5.41, 5.74) is -0.528. The lowest BCUT2D eigenvalue weighted by Crippen LogP contribution is -2.56. The molecule has 0 radical (unpaired) electrons. The Kier molecular flexibility index (Phi) is 10.8. The van der Waals surface area contributed by atoms with Crippen molar-refractivity contribution in [2.45, 2.75) is 83.0 Å². The number of esters is 2. The van der Waals surface area contributed by atoms with Gasteiger partial charge in [0.15, 0.2) is 17.5 Å². The van der Waals surface area contributed by atoms with Crippen LogP contribution in [0.25, 0.3) is 33.1 Å². The number of carbonyl (C=O) groups excluding carboxylic acids is 3. The number of fused-ring (bicyclic) bond motifs is 5. The van der Waals surface area contributed by atoms with Crippen molar-refractivity contribution in [1.82, 2.24) is 29.7 Å². The third-order valence-corrected chi connectivity index (χ3v) is 12.5. The summed E-state index contributed by atoms with van der Waals surface area (Å²) < 4.78 is 83.5. The second-order valence-electron chi connectivity index (χ2n) is 16.6. The van der Waals surface area contributed by atoms with Gasteiger partial charge in [-0.3, -0.25) is 24.4 Å². The van der Waals surface area contributed by atoms with E-state index in [4.69, 9.17) is 23.9 Å². The van der Waals surface area contributed by atoms with Gasteiger partial charge in [0.1, 0.15) is 35.1 Å². The summed E-state index contributed by atoms with van der Waals surface area (Å²) in [7, 11) is 0. The molecular weight excluding hydrogens is 815 g/mol. The number of aromatic nitrogens is 4. The first kappa shape index (κ1) is 41.2. The molecule has 18 heteroatoms. The lowest BCUT2D eigenvalue weighted by molar-refractivity contribution is -0.156. The zero-order valence-electron chi connectivity index (χ0n) is 34.2. The molecule has 7 heterocycles. The predicted molar refractivity (Wildman–Crippen MR) is 215 cm³/mol. The fourth-order valence-electron chi connectivity index (χ4n) is 9.61. The van der Waals surface area contributed by atoms with Crippen molar-refractivity contribution in [1.29, 1.82) is 0 Å². The van der Waals surface area contributed by atoms with Crippen LogP contribution in [0.3, 0.4) is 0 Å². The molecule has 5 aromatic rings. The van der Waals surface area contributed by atoms with Crippen LogP contribution in [0.5, 0.6) is 11.9 Å². The Hall–Kier alpha value is -6.17. The maximum absolute atomic E-state index is 17.3. The first-order chi connectivity index (χ1) is 29.8. The molecule has 4 fully saturated rings. The van der Waals surface area contributed by atoms with Gasteiger partial charge in [0.25, 0.3) is 0 Å². The van der Waals surface area contributed by atoms with Crippen molar-refractivity contribution >= 4 is 45.5 Å². The summed E-state index contributed by atoms with van der Waals surface area (Å²) in [5, 5.41) is -0.118. The maximum atomic E-state index is 17.3. The van der Waals surface area contributed by atoms with Crippen LogP contribution in [0.2, 0.25) is 0 Å². The molecule has 0 N–H and O–H groups in total. The summed E-state index contributed by atoms with van der Waals surface area (Å²) in [5.74, 6) is -5.47. The Morgan fingerprint density at radius 2 is 1.65 bits per heavy atom. The van der Waals surface area contributed by atoms with Gasteiger partial charge in [0.05, 0.1) is 28.9 Å². The average molecular weight is 858 g/mol. The number of halogens is 4. The van der Waals surface area contributed by atoms with Gasteiger partial charge in [0, 0.05) is 43.7 Å². The molecule has 4 unspecified atom stereocenters. The zero-order chi connectivity index (χ0) is 43.4. The van der Waals surface area contributed by atoms with Crippen molar-refractivity contribution in [2.75, 3.05) is 37.9 Å². The first-order valence-electron chi connectivity index (χ1n) is 20.7. The van der Waals surface area contributed by atoms with Crippen LogP contribution >= 0.6 is 0 Å². The smallest absolute Gasteiger partial charge is 0.413 e. The van der Waals surface area contributed by atoms with E-state index in [0.29, 0.717) is 12.8 Å². The van der Waals surface area contributed by atoms with E-state index in [2.05, 4.69) is 19.9 Å². The molecule has 0 spiro atoms. The topological polar surface area (TPSA) is 149 Å². The van der Waals surface area contributed by atoms with Gasteiger partial charge in [-0.15, -0.1) is 0 Å². The Morgan fingerprint density at radius 3 is 2.37 bits per heavy atom. The molecule has 3 aromatic heterocycles. The van der Waals surface area contributed by atoms with Crippen molar-refractivity contribution in [3.8, 4) is 23.3 Å². The van der Waals surface area contributed by atoms with E-state index >= 15 is 8.78 Å². The molecule has 1 amide bonds. The van der Waals surface area contributed by atoms with Crippen LogP contribution in [0.15, 0.2) is 48.7 Å². The Bertz CT molecular complexity index is 2590. The second kappa shape index (κ2) is 16.3. The molecule has 0 aliphatic carbocycles. The molecule has 4 aliphatic rings. The number of rotatable bonds is 10. The Balaban J connectivity index is 1.09. The summed E-state index contributed by atoms with van der Waals surface area (Å²) in [4.78, 5) is 61.1. The maximum Gasteiger partial charge on any atom is 0.413 e. The fourth-order valence-corrected chi connectivity index (χ4v) is 9.61. The van der Waals surface area contributed by atoms with Gasteiger partial charge < -0.3 is 23.8 Å². The molecule has 2 bridgehead atoms. The molecule has 0 saturated carbocycles. The molecule has 2 aromatic carbocycles. The van der Waals surface area contributed by atoms with Gasteiger partial charge in [-0.2, -0.15) is 9.97 Å². The van der Waals surface area contributed by atoms with Gasteiger partial charge in [0.2, 0.25) is 12.7 Å². The minimum atomic E-state index is -1.30. The van der Waals surface area contributed by atoms with Crippen LogP contribution in [0, 0.1) is 29.2 Å². The lowest BCUT2D eigenvalue weighted by atomic mass is 9.95. The summed E-state index contributed by atoms with van der Waals surface area (Å²) >= 11 is 0. The van der Waals surface area contributed by atoms with Gasteiger partial charge in [-0.1, -0.05) is 32.0 Å². The van der Waals surface area contributed by atoms with Crippen molar-refractivity contribution in [3.63, 3.8) is 0 Å². The molecular formula is C44H43F4N7O7. The first-order valence-corrected chi connectivity index (χ1v) is 20.7. The van der Waals surface area contributed by atoms with E-state index < -0.39 is 59.2 Å².